The van der Waals surface area contributed by atoms with Crippen LogP contribution in [0.5, 0.6) is 11.5 Å². The summed E-state index contributed by atoms with van der Waals surface area (Å²) in [4.78, 5) is 13.7. The van der Waals surface area contributed by atoms with E-state index >= 15 is 0 Å². The third-order valence-corrected chi connectivity index (χ3v) is 3.29. The first-order valence-corrected chi connectivity index (χ1v) is 6.60. The van der Waals surface area contributed by atoms with Crippen molar-refractivity contribution in [2.24, 2.45) is 0 Å². The van der Waals surface area contributed by atoms with Gasteiger partial charge in [-0.3, -0.25) is 0 Å². The molecule has 1 N–H and O–H groups in total. The van der Waals surface area contributed by atoms with Crippen LogP contribution in [0.4, 0.5) is 4.79 Å². The number of amides is 2. The molecule has 0 saturated heterocycles. The molecule has 1 aliphatic heterocycles. The number of nitrogens with one attached hydrogen (secondary N) is 1. The minimum absolute atomic E-state index is 0.0461. The van der Waals surface area contributed by atoms with Crippen LogP contribution < -0.4 is 14.8 Å². The summed E-state index contributed by atoms with van der Waals surface area (Å²) in [5.41, 5.74) is 1.00. The number of fused-ring (bicyclic) bond motifs is 1. The van der Waals surface area contributed by atoms with E-state index in [4.69, 9.17) is 9.47 Å². The molecule has 0 fully saturated rings. The van der Waals surface area contributed by atoms with Gasteiger partial charge in [-0.15, -0.1) is 0 Å². The number of hydrogen-bond acceptors (Lipinski definition) is 3. The summed E-state index contributed by atoms with van der Waals surface area (Å²) >= 11 is 0. The van der Waals surface area contributed by atoms with Crippen molar-refractivity contribution in [2.75, 3.05) is 19.9 Å². The first kappa shape index (κ1) is 13.5. The van der Waals surface area contributed by atoms with Crippen molar-refractivity contribution in [1.82, 2.24) is 10.2 Å². The zero-order valence-electron chi connectivity index (χ0n) is 11.6. The molecule has 1 atom stereocenters. The standard InChI is InChI=1S/C14H20N2O3/c1-4-16(5-2)14(17)15-10(3)11-6-7-12-13(8-11)19-9-18-12/h6-8,10H,4-5,9H2,1-3H3,(H,15,17)/t10-/m1/s1. The number of ether oxygens (including phenoxy) is 2. The molecule has 0 aromatic heterocycles. The smallest absolute Gasteiger partial charge is 0.317 e. The van der Waals surface area contributed by atoms with Gasteiger partial charge in [0.15, 0.2) is 11.5 Å². The van der Waals surface area contributed by atoms with Gasteiger partial charge in [-0.25, -0.2) is 4.79 Å². The summed E-state index contributed by atoms with van der Waals surface area (Å²) in [5, 5.41) is 2.98. The lowest BCUT2D eigenvalue weighted by Crippen LogP contribution is -2.40. The Kier molecular flexibility index (Phi) is 4.14. The Morgan fingerprint density at radius 1 is 1.32 bits per heavy atom. The molecule has 1 heterocycles. The predicted molar refractivity (Wildman–Crippen MR) is 72.4 cm³/mol. The molecule has 2 rings (SSSR count). The molecule has 5 heteroatoms. The van der Waals surface area contributed by atoms with Crippen molar-refractivity contribution < 1.29 is 14.3 Å². The summed E-state index contributed by atoms with van der Waals surface area (Å²) in [5.74, 6) is 1.49. The van der Waals surface area contributed by atoms with Gasteiger partial charge in [0.2, 0.25) is 6.79 Å². The quantitative estimate of drug-likeness (QED) is 0.909. The van der Waals surface area contributed by atoms with Crippen LogP contribution in [0, 0.1) is 0 Å². The molecule has 0 bridgehead atoms. The highest BCUT2D eigenvalue weighted by Crippen LogP contribution is 2.34. The van der Waals surface area contributed by atoms with E-state index in [1.54, 1.807) is 4.90 Å². The van der Waals surface area contributed by atoms with Gasteiger partial charge >= 0.3 is 6.03 Å². The Bertz CT molecular complexity index is 458. The number of urea groups is 1. The van der Waals surface area contributed by atoms with Crippen LogP contribution in [0.3, 0.4) is 0 Å². The van der Waals surface area contributed by atoms with E-state index in [0.717, 1.165) is 17.1 Å². The SMILES string of the molecule is CCN(CC)C(=O)N[C@H](C)c1ccc2c(c1)OCO2. The molecule has 0 unspecified atom stereocenters. The molecule has 5 nitrogen and oxygen atoms in total. The highest BCUT2D eigenvalue weighted by molar-refractivity contribution is 5.74. The number of hydrogen-bond donors (Lipinski definition) is 1. The maximum Gasteiger partial charge on any atom is 0.317 e. The van der Waals surface area contributed by atoms with Crippen molar-refractivity contribution in [3.8, 4) is 11.5 Å². The molecule has 1 aromatic rings. The summed E-state index contributed by atoms with van der Waals surface area (Å²) in [6, 6.07) is 5.62. The zero-order valence-corrected chi connectivity index (χ0v) is 11.6. The summed E-state index contributed by atoms with van der Waals surface area (Å²) < 4.78 is 10.6. The van der Waals surface area contributed by atoms with Crippen molar-refractivity contribution in [3.63, 3.8) is 0 Å². The maximum atomic E-state index is 12.0. The number of benzene rings is 1. The average molecular weight is 264 g/mol. The van der Waals surface area contributed by atoms with E-state index in [1.807, 2.05) is 39.0 Å². The number of carbonyl (C=O) groups excluding carboxylic acids is 1. The molecule has 0 saturated carbocycles. The second kappa shape index (κ2) is 5.82. The van der Waals surface area contributed by atoms with Gasteiger partial charge in [-0.2, -0.15) is 0 Å². The van der Waals surface area contributed by atoms with Crippen molar-refractivity contribution >= 4 is 6.03 Å². The van der Waals surface area contributed by atoms with Crippen LogP contribution in [-0.4, -0.2) is 30.8 Å². The summed E-state index contributed by atoms with van der Waals surface area (Å²) in [7, 11) is 0. The van der Waals surface area contributed by atoms with Crippen molar-refractivity contribution in [1.29, 1.82) is 0 Å². The first-order valence-electron chi connectivity index (χ1n) is 6.60. The van der Waals surface area contributed by atoms with E-state index in [1.165, 1.54) is 0 Å². The molecule has 2 amide bonds. The molecule has 19 heavy (non-hydrogen) atoms. The van der Waals surface area contributed by atoms with Gasteiger partial charge in [-0.05, 0) is 38.5 Å². The maximum absolute atomic E-state index is 12.0. The van der Waals surface area contributed by atoms with Crippen LogP contribution in [0.15, 0.2) is 18.2 Å². The van der Waals surface area contributed by atoms with Crippen LogP contribution in [0.25, 0.3) is 0 Å². The Hall–Kier alpha value is -1.91. The lowest BCUT2D eigenvalue weighted by Gasteiger charge is -2.22. The van der Waals surface area contributed by atoms with E-state index in [9.17, 15) is 4.79 Å². The van der Waals surface area contributed by atoms with Gasteiger partial charge in [0.05, 0.1) is 6.04 Å². The van der Waals surface area contributed by atoms with Crippen LogP contribution in [0.1, 0.15) is 32.4 Å². The van der Waals surface area contributed by atoms with Gasteiger partial charge in [0, 0.05) is 13.1 Å². The van der Waals surface area contributed by atoms with E-state index in [2.05, 4.69) is 5.32 Å². The lowest BCUT2D eigenvalue weighted by atomic mass is 10.1. The van der Waals surface area contributed by atoms with E-state index in [-0.39, 0.29) is 18.9 Å². The van der Waals surface area contributed by atoms with Crippen LogP contribution >= 0.6 is 0 Å². The topological polar surface area (TPSA) is 50.8 Å². The van der Waals surface area contributed by atoms with E-state index in [0.29, 0.717) is 13.1 Å². The Morgan fingerprint density at radius 2 is 2.00 bits per heavy atom. The van der Waals surface area contributed by atoms with Gasteiger partial charge in [0.1, 0.15) is 0 Å². The van der Waals surface area contributed by atoms with E-state index < -0.39 is 0 Å². The Balaban J connectivity index is 2.03. The molecular formula is C14H20N2O3. The summed E-state index contributed by atoms with van der Waals surface area (Å²) in [6.45, 7) is 7.56. The van der Waals surface area contributed by atoms with Gasteiger partial charge in [0.25, 0.3) is 0 Å². The molecule has 104 valence electrons. The molecule has 0 spiro atoms. The Labute approximate surface area is 113 Å². The second-order valence-corrected chi connectivity index (χ2v) is 4.46. The van der Waals surface area contributed by atoms with Crippen LogP contribution in [-0.2, 0) is 0 Å². The van der Waals surface area contributed by atoms with Crippen molar-refractivity contribution in [3.05, 3.63) is 23.8 Å². The summed E-state index contributed by atoms with van der Waals surface area (Å²) in [6.07, 6.45) is 0. The minimum atomic E-state index is -0.0670. The Morgan fingerprint density at radius 3 is 2.68 bits per heavy atom. The fourth-order valence-electron chi connectivity index (χ4n) is 2.05. The van der Waals surface area contributed by atoms with Crippen molar-refractivity contribution in [2.45, 2.75) is 26.8 Å². The van der Waals surface area contributed by atoms with Gasteiger partial charge < -0.3 is 19.7 Å². The molecule has 1 aromatic carbocycles. The predicted octanol–water partition coefficient (Wildman–Crippen LogP) is 2.53. The fraction of sp³-hybridized carbons (Fsp3) is 0.500. The highest BCUT2D eigenvalue weighted by Gasteiger charge is 2.18. The number of rotatable bonds is 4. The molecule has 0 radical (unpaired) electrons. The minimum Gasteiger partial charge on any atom is -0.454 e. The zero-order chi connectivity index (χ0) is 13.8. The lowest BCUT2D eigenvalue weighted by molar-refractivity contribution is 0.174. The number of carbonyl (C=O) groups is 1. The third-order valence-electron chi connectivity index (χ3n) is 3.29. The third kappa shape index (κ3) is 2.92. The van der Waals surface area contributed by atoms with Gasteiger partial charge in [-0.1, -0.05) is 6.07 Å². The largest absolute Gasteiger partial charge is 0.454 e. The molecule has 1 aliphatic rings. The normalized spacial score (nSPS) is 14.1. The van der Waals surface area contributed by atoms with Crippen LogP contribution in [0.2, 0.25) is 0 Å². The average Bonchev–Trinajstić information content (AvgIpc) is 2.87. The first-order chi connectivity index (χ1) is 9.15. The second-order valence-electron chi connectivity index (χ2n) is 4.46. The number of nitrogens with zero attached hydrogens (tertiary/aromatic N) is 1. The molecular weight excluding hydrogens is 244 g/mol. The molecule has 0 aliphatic carbocycles. The monoisotopic (exact) mass is 264 g/mol. The fourth-order valence-corrected chi connectivity index (χ4v) is 2.05. The highest BCUT2D eigenvalue weighted by atomic mass is 16.7.